The van der Waals surface area contributed by atoms with Crippen molar-refractivity contribution in [2.75, 3.05) is 19.6 Å². The normalized spacial score (nSPS) is 21.4. The van der Waals surface area contributed by atoms with Crippen molar-refractivity contribution in [2.45, 2.75) is 64.8 Å². The summed E-state index contributed by atoms with van der Waals surface area (Å²) in [5, 5.41) is 2.85. The van der Waals surface area contributed by atoms with E-state index in [-0.39, 0.29) is 5.91 Å². The quantitative estimate of drug-likeness (QED) is 0.694. The van der Waals surface area contributed by atoms with E-state index in [1.54, 1.807) is 6.92 Å². The third-order valence-electron chi connectivity index (χ3n) is 3.72. The molecule has 0 radical (unpaired) electrons. The molecule has 0 saturated carbocycles. The van der Waals surface area contributed by atoms with Crippen LogP contribution in [0.25, 0.3) is 0 Å². The van der Waals surface area contributed by atoms with Crippen molar-refractivity contribution in [3.8, 4) is 0 Å². The Morgan fingerprint density at radius 1 is 1.29 bits per heavy atom. The predicted octanol–water partition coefficient (Wildman–Crippen LogP) is 2.56. The Kier molecular flexibility index (Phi) is 7.25. The van der Waals surface area contributed by atoms with Gasteiger partial charge in [-0.1, -0.05) is 19.8 Å². The molecule has 17 heavy (non-hydrogen) atoms. The van der Waals surface area contributed by atoms with Gasteiger partial charge in [-0.05, 0) is 45.2 Å². The van der Waals surface area contributed by atoms with E-state index in [4.69, 9.17) is 0 Å². The molecule has 0 aromatic heterocycles. The van der Waals surface area contributed by atoms with E-state index >= 15 is 0 Å². The van der Waals surface area contributed by atoms with Gasteiger partial charge in [-0.15, -0.1) is 0 Å². The van der Waals surface area contributed by atoms with Crippen molar-refractivity contribution >= 4 is 5.91 Å². The first-order chi connectivity index (χ1) is 8.24. The second-order valence-corrected chi connectivity index (χ2v) is 5.14. The first kappa shape index (κ1) is 14.5. The van der Waals surface area contributed by atoms with Crippen LogP contribution in [-0.4, -0.2) is 36.5 Å². The monoisotopic (exact) mass is 240 g/mol. The van der Waals surface area contributed by atoms with E-state index in [1.807, 2.05) is 0 Å². The third kappa shape index (κ3) is 6.06. The summed E-state index contributed by atoms with van der Waals surface area (Å²) >= 11 is 0. The van der Waals surface area contributed by atoms with Crippen LogP contribution in [0.15, 0.2) is 0 Å². The number of hydrogen-bond donors (Lipinski definition) is 1. The second kappa shape index (κ2) is 8.51. The molecule has 1 amide bonds. The number of amides is 1. The minimum absolute atomic E-state index is 0.0899. The molecule has 0 spiro atoms. The molecule has 0 bridgehead atoms. The fourth-order valence-corrected chi connectivity index (χ4v) is 2.70. The highest BCUT2D eigenvalue weighted by Gasteiger charge is 2.19. The minimum atomic E-state index is 0.0899. The average Bonchev–Trinajstić information content (AvgIpc) is 2.33. The number of piperidine rings is 1. The van der Waals surface area contributed by atoms with E-state index < -0.39 is 0 Å². The van der Waals surface area contributed by atoms with Gasteiger partial charge in [-0.2, -0.15) is 0 Å². The van der Waals surface area contributed by atoms with Crippen LogP contribution in [-0.2, 0) is 4.79 Å². The Bertz CT molecular complexity index is 218. The van der Waals surface area contributed by atoms with Gasteiger partial charge in [-0.3, -0.25) is 4.79 Å². The van der Waals surface area contributed by atoms with Crippen LogP contribution in [0.5, 0.6) is 0 Å². The number of carbonyl (C=O) groups is 1. The summed E-state index contributed by atoms with van der Waals surface area (Å²) in [6.45, 7) is 7.27. The fraction of sp³-hybridized carbons (Fsp3) is 0.929. The molecule has 100 valence electrons. The highest BCUT2D eigenvalue weighted by atomic mass is 16.1. The molecule has 0 aromatic carbocycles. The maximum absolute atomic E-state index is 10.7. The number of rotatable bonds is 7. The van der Waals surface area contributed by atoms with E-state index in [2.05, 4.69) is 17.1 Å². The summed E-state index contributed by atoms with van der Waals surface area (Å²) in [4.78, 5) is 13.4. The molecule has 1 rings (SSSR count). The predicted molar refractivity (Wildman–Crippen MR) is 72.0 cm³/mol. The van der Waals surface area contributed by atoms with E-state index in [0.29, 0.717) is 0 Å². The van der Waals surface area contributed by atoms with E-state index in [1.165, 1.54) is 51.6 Å². The van der Waals surface area contributed by atoms with Gasteiger partial charge in [0.25, 0.3) is 0 Å². The number of hydrogen-bond acceptors (Lipinski definition) is 2. The summed E-state index contributed by atoms with van der Waals surface area (Å²) in [6.07, 6.45) is 9.10. The molecule has 1 saturated heterocycles. The van der Waals surface area contributed by atoms with Crippen LogP contribution in [0, 0.1) is 0 Å². The molecule has 1 unspecified atom stereocenters. The Labute approximate surface area is 106 Å². The number of unbranched alkanes of at least 4 members (excludes halogenated alkanes) is 2. The molecule has 0 aromatic rings. The first-order valence-corrected chi connectivity index (χ1v) is 7.22. The molecule has 1 fully saturated rings. The number of carbonyl (C=O) groups excluding carboxylic acids is 1. The van der Waals surface area contributed by atoms with Crippen molar-refractivity contribution < 1.29 is 4.79 Å². The molecule has 0 aliphatic carbocycles. The average molecular weight is 240 g/mol. The summed E-state index contributed by atoms with van der Waals surface area (Å²) in [6, 6.07) is 0.832. The lowest BCUT2D eigenvalue weighted by molar-refractivity contribution is -0.118. The number of likely N-dealkylation sites (tertiary alicyclic amines) is 1. The Morgan fingerprint density at radius 3 is 2.82 bits per heavy atom. The Morgan fingerprint density at radius 2 is 2.12 bits per heavy atom. The van der Waals surface area contributed by atoms with Crippen LogP contribution in [0.3, 0.4) is 0 Å². The molecule has 1 atom stereocenters. The topological polar surface area (TPSA) is 32.3 Å². The zero-order valence-electron chi connectivity index (χ0n) is 11.5. The van der Waals surface area contributed by atoms with E-state index in [9.17, 15) is 4.79 Å². The third-order valence-corrected chi connectivity index (χ3v) is 3.72. The largest absolute Gasteiger partial charge is 0.356 e. The van der Waals surface area contributed by atoms with Crippen molar-refractivity contribution in [1.82, 2.24) is 10.2 Å². The lowest BCUT2D eigenvalue weighted by atomic mass is 9.99. The van der Waals surface area contributed by atoms with Crippen LogP contribution in [0.2, 0.25) is 0 Å². The molecule has 1 N–H and O–H groups in total. The Hall–Kier alpha value is -0.570. The van der Waals surface area contributed by atoms with Crippen molar-refractivity contribution in [3.05, 3.63) is 0 Å². The van der Waals surface area contributed by atoms with Crippen LogP contribution in [0.4, 0.5) is 0 Å². The second-order valence-electron chi connectivity index (χ2n) is 5.14. The summed E-state index contributed by atoms with van der Waals surface area (Å²) in [5.41, 5.74) is 0. The molecule has 3 heteroatoms. The maximum Gasteiger partial charge on any atom is 0.216 e. The standard InChI is InChI=1S/C14H28N2O/c1-3-14-9-5-8-12-16(14)11-7-4-6-10-15-13(2)17/h14H,3-12H2,1-2H3,(H,15,17). The smallest absolute Gasteiger partial charge is 0.216 e. The highest BCUT2D eigenvalue weighted by molar-refractivity contribution is 5.72. The molecule has 3 nitrogen and oxygen atoms in total. The fourth-order valence-electron chi connectivity index (χ4n) is 2.70. The van der Waals surface area contributed by atoms with Gasteiger partial charge in [-0.25, -0.2) is 0 Å². The van der Waals surface area contributed by atoms with Gasteiger partial charge in [0.2, 0.25) is 5.91 Å². The number of nitrogens with one attached hydrogen (secondary N) is 1. The van der Waals surface area contributed by atoms with Crippen molar-refractivity contribution in [2.24, 2.45) is 0 Å². The molecular formula is C14H28N2O. The van der Waals surface area contributed by atoms with E-state index in [0.717, 1.165) is 19.0 Å². The van der Waals surface area contributed by atoms with Gasteiger partial charge < -0.3 is 10.2 Å². The minimum Gasteiger partial charge on any atom is -0.356 e. The number of nitrogens with zero attached hydrogens (tertiary/aromatic N) is 1. The van der Waals surface area contributed by atoms with Crippen LogP contribution >= 0.6 is 0 Å². The molecule has 1 aliphatic rings. The Balaban J connectivity index is 2.02. The van der Waals surface area contributed by atoms with Gasteiger partial charge >= 0.3 is 0 Å². The zero-order valence-corrected chi connectivity index (χ0v) is 11.5. The maximum atomic E-state index is 10.7. The van der Waals surface area contributed by atoms with Crippen molar-refractivity contribution in [1.29, 1.82) is 0 Å². The molecule has 1 heterocycles. The summed E-state index contributed by atoms with van der Waals surface area (Å²) in [5.74, 6) is 0.0899. The van der Waals surface area contributed by atoms with Gasteiger partial charge in [0.05, 0.1) is 0 Å². The molecule has 1 aliphatic heterocycles. The van der Waals surface area contributed by atoms with Gasteiger partial charge in [0, 0.05) is 19.5 Å². The van der Waals surface area contributed by atoms with Crippen molar-refractivity contribution in [3.63, 3.8) is 0 Å². The lowest BCUT2D eigenvalue weighted by Gasteiger charge is -2.35. The highest BCUT2D eigenvalue weighted by Crippen LogP contribution is 2.19. The lowest BCUT2D eigenvalue weighted by Crippen LogP contribution is -2.39. The van der Waals surface area contributed by atoms with Gasteiger partial charge in [0.15, 0.2) is 0 Å². The zero-order chi connectivity index (χ0) is 12.5. The summed E-state index contributed by atoms with van der Waals surface area (Å²) in [7, 11) is 0. The van der Waals surface area contributed by atoms with Crippen LogP contribution < -0.4 is 5.32 Å². The van der Waals surface area contributed by atoms with Gasteiger partial charge in [0.1, 0.15) is 0 Å². The summed E-state index contributed by atoms with van der Waals surface area (Å²) < 4.78 is 0. The SMILES string of the molecule is CCC1CCCCN1CCCCCNC(C)=O. The first-order valence-electron chi connectivity index (χ1n) is 7.22. The molecular weight excluding hydrogens is 212 g/mol. The van der Waals surface area contributed by atoms with Crippen LogP contribution in [0.1, 0.15) is 58.8 Å².